The Kier molecular flexibility index (Phi) is 3.32. The second-order valence-corrected chi connectivity index (χ2v) is 4.25. The summed E-state index contributed by atoms with van der Waals surface area (Å²) in [4.78, 5) is 14.5. The SMILES string of the molecule is CC(C)c1cccc(Nc2nc(C(=O)O)co2)c1. The van der Waals surface area contributed by atoms with E-state index in [1.54, 1.807) is 0 Å². The van der Waals surface area contributed by atoms with Crippen molar-refractivity contribution in [1.82, 2.24) is 4.98 Å². The van der Waals surface area contributed by atoms with E-state index in [4.69, 9.17) is 9.52 Å². The molecule has 0 amide bonds. The topological polar surface area (TPSA) is 75.4 Å². The van der Waals surface area contributed by atoms with Crippen molar-refractivity contribution in [2.45, 2.75) is 19.8 Å². The predicted molar refractivity (Wildman–Crippen MR) is 67.3 cm³/mol. The van der Waals surface area contributed by atoms with Crippen LogP contribution in [0, 0.1) is 0 Å². The minimum Gasteiger partial charge on any atom is -0.476 e. The third kappa shape index (κ3) is 2.68. The number of rotatable bonds is 4. The van der Waals surface area contributed by atoms with Crippen molar-refractivity contribution in [3.8, 4) is 0 Å². The van der Waals surface area contributed by atoms with Crippen molar-refractivity contribution in [1.29, 1.82) is 0 Å². The Morgan fingerprint density at radius 1 is 1.44 bits per heavy atom. The third-order valence-electron chi connectivity index (χ3n) is 2.53. The molecule has 0 saturated carbocycles. The van der Waals surface area contributed by atoms with Gasteiger partial charge in [-0.25, -0.2) is 4.79 Å². The molecule has 5 nitrogen and oxygen atoms in total. The Hall–Kier alpha value is -2.30. The molecule has 0 unspecified atom stereocenters. The summed E-state index contributed by atoms with van der Waals surface area (Å²) >= 11 is 0. The lowest BCUT2D eigenvalue weighted by molar-refractivity contribution is 0.0690. The number of anilines is 2. The fraction of sp³-hybridized carbons (Fsp3) is 0.231. The minimum absolute atomic E-state index is 0.113. The van der Waals surface area contributed by atoms with Crippen molar-refractivity contribution in [2.24, 2.45) is 0 Å². The maximum absolute atomic E-state index is 10.7. The second-order valence-electron chi connectivity index (χ2n) is 4.25. The highest BCUT2D eigenvalue weighted by atomic mass is 16.4. The Bertz CT molecular complexity index is 561. The summed E-state index contributed by atoms with van der Waals surface area (Å²) in [6.45, 7) is 4.21. The van der Waals surface area contributed by atoms with Gasteiger partial charge >= 0.3 is 5.97 Å². The molecule has 2 N–H and O–H groups in total. The number of aromatic carboxylic acids is 1. The summed E-state index contributed by atoms with van der Waals surface area (Å²) in [5, 5.41) is 11.7. The first-order valence-electron chi connectivity index (χ1n) is 5.62. The minimum atomic E-state index is -1.11. The molecule has 0 fully saturated rings. The van der Waals surface area contributed by atoms with E-state index in [2.05, 4.69) is 24.1 Å². The Morgan fingerprint density at radius 3 is 2.83 bits per heavy atom. The Balaban J connectivity index is 2.17. The number of carboxylic acid groups (broad SMARTS) is 1. The molecular formula is C13H14N2O3. The number of hydrogen-bond donors (Lipinski definition) is 2. The summed E-state index contributed by atoms with van der Waals surface area (Å²) in [6.07, 6.45) is 1.11. The molecule has 94 valence electrons. The van der Waals surface area contributed by atoms with Crippen molar-refractivity contribution in [2.75, 3.05) is 5.32 Å². The van der Waals surface area contributed by atoms with E-state index in [9.17, 15) is 4.79 Å². The number of aromatic nitrogens is 1. The number of carbonyl (C=O) groups is 1. The van der Waals surface area contributed by atoms with Crippen LogP contribution < -0.4 is 5.32 Å². The smallest absolute Gasteiger partial charge is 0.357 e. The first-order valence-corrected chi connectivity index (χ1v) is 5.62. The number of oxazole rings is 1. The van der Waals surface area contributed by atoms with Gasteiger partial charge in [-0.15, -0.1) is 0 Å². The summed E-state index contributed by atoms with van der Waals surface area (Å²) in [6, 6.07) is 7.99. The fourth-order valence-corrected chi connectivity index (χ4v) is 1.53. The lowest BCUT2D eigenvalue weighted by Crippen LogP contribution is -1.97. The zero-order valence-electron chi connectivity index (χ0n) is 10.2. The molecule has 2 aromatic rings. The molecule has 2 rings (SSSR count). The van der Waals surface area contributed by atoms with Gasteiger partial charge in [-0.05, 0) is 23.6 Å². The summed E-state index contributed by atoms with van der Waals surface area (Å²) in [5.41, 5.74) is 1.89. The van der Waals surface area contributed by atoms with Crippen molar-refractivity contribution < 1.29 is 14.3 Å². The van der Waals surface area contributed by atoms with Crippen LogP contribution in [0.3, 0.4) is 0 Å². The van der Waals surface area contributed by atoms with Crippen LogP contribution in [0.1, 0.15) is 35.8 Å². The molecule has 5 heteroatoms. The number of hydrogen-bond acceptors (Lipinski definition) is 4. The van der Waals surface area contributed by atoms with Gasteiger partial charge in [0.1, 0.15) is 6.26 Å². The zero-order valence-corrected chi connectivity index (χ0v) is 10.2. The highest BCUT2D eigenvalue weighted by Gasteiger charge is 2.10. The number of carboxylic acids is 1. The highest BCUT2D eigenvalue weighted by molar-refractivity contribution is 5.85. The first-order chi connectivity index (χ1) is 8.56. The van der Waals surface area contributed by atoms with Gasteiger partial charge in [-0.3, -0.25) is 0 Å². The zero-order chi connectivity index (χ0) is 13.1. The quantitative estimate of drug-likeness (QED) is 0.866. The monoisotopic (exact) mass is 246 g/mol. The van der Waals surface area contributed by atoms with Gasteiger partial charge in [0.25, 0.3) is 6.01 Å². The van der Waals surface area contributed by atoms with Crippen LogP contribution in [0.5, 0.6) is 0 Å². The maximum atomic E-state index is 10.7. The average molecular weight is 246 g/mol. The molecule has 0 spiro atoms. The molecule has 0 saturated heterocycles. The van der Waals surface area contributed by atoms with Crippen LogP contribution >= 0.6 is 0 Å². The van der Waals surface area contributed by atoms with E-state index in [0.29, 0.717) is 5.92 Å². The molecule has 1 heterocycles. The van der Waals surface area contributed by atoms with Gasteiger partial charge in [0.15, 0.2) is 5.69 Å². The van der Waals surface area contributed by atoms with Gasteiger partial charge in [-0.1, -0.05) is 26.0 Å². The predicted octanol–water partition coefficient (Wildman–Crippen LogP) is 3.24. The summed E-state index contributed by atoms with van der Waals surface area (Å²) in [7, 11) is 0. The number of benzene rings is 1. The van der Waals surface area contributed by atoms with Gasteiger partial charge in [-0.2, -0.15) is 4.98 Å². The average Bonchev–Trinajstić information content (AvgIpc) is 2.78. The number of nitrogens with zero attached hydrogens (tertiary/aromatic N) is 1. The first kappa shape index (κ1) is 12.2. The van der Waals surface area contributed by atoms with Crippen LogP contribution in [-0.4, -0.2) is 16.1 Å². The molecule has 0 bridgehead atoms. The standard InChI is InChI=1S/C13H14N2O3/c1-8(2)9-4-3-5-10(6-9)14-13-15-11(7-18-13)12(16)17/h3-8H,1-2H3,(H,14,15)(H,16,17). The normalized spacial score (nSPS) is 10.6. The highest BCUT2D eigenvalue weighted by Crippen LogP contribution is 2.21. The molecule has 0 aliphatic heterocycles. The van der Waals surface area contributed by atoms with E-state index in [0.717, 1.165) is 12.0 Å². The molecule has 0 aliphatic carbocycles. The van der Waals surface area contributed by atoms with E-state index in [1.807, 2.05) is 24.3 Å². The van der Waals surface area contributed by atoms with Crippen LogP contribution in [0.15, 0.2) is 34.9 Å². The van der Waals surface area contributed by atoms with Crippen molar-refractivity contribution >= 4 is 17.7 Å². The van der Waals surface area contributed by atoms with Crippen molar-refractivity contribution in [3.63, 3.8) is 0 Å². The maximum Gasteiger partial charge on any atom is 0.357 e. The lowest BCUT2D eigenvalue weighted by atomic mass is 10.0. The van der Waals surface area contributed by atoms with Crippen molar-refractivity contribution in [3.05, 3.63) is 41.8 Å². The fourth-order valence-electron chi connectivity index (χ4n) is 1.53. The van der Waals surface area contributed by atoms with E-state index >= 15 is 0 Å². The van der Waals surface area contributed by atoms with E-state index in [-0.39, 0.29) is 11.7 Å². The van der Waals surface area contributed by atoms with Gasteiger partial charge in [0.2, 0.25) is 0 Å². The molecule has 1 aromatic heterocycles. The van der Waals surface area contributed by atoms with E-state index in [1.165, 1.54) is 5.56 Å². The summed E-state index contributed by atoms with van der Waals surface area (Å²) < 4.78 is 5.03. The molecule has 18 heavy (non-hydrogen) atoms. The summed E-state index contributed by atoms with van der Waals surface area (Å²) in [5.74, 6) is -0.686. The molecular weight excluding hydrogens is 232 g/mol. The van der Waals surface area contributed by atoms with E-state index < -0.39 is 5.97 Å². The molecule has 0 radical (unpaired) electrons. The molecule has 0 aliphatic rings. The second kappa shape index (κ2) is 4.91. The Labute approximate surface area is 104 Å². The molecule has 0 atom stereocenters. The number of nitrogens with one attached hydrogen (secondary N) is 1. The van der Waals surface area contributed by atoms with Crippen LogP contribution in [0.25, 0.3) is 0 Å². The largest absolute Gasteiger partial charge is 0.476 e. The van der Waals surface area contributed by atoms with Gasteiger partial charge < -0.3 is 14.8 Å². The molecule has 1 aromatic carbocycles. The van der Waals surface area contributed by atoms with Crippen LogP contribution in [-0.2, 0) is 0 Å². The van der Waals surface area contributed by atoms with Crippen LogP contribution in [0.2, 0.25) is 0 Å². The van der Waals surface area contributed by atoms with Crippen LogP contribution in [0.4, 0.5) is 11.7 Å². The lowest BCUT2D eigenvalue weighted by Gasteiger charge is -2.07. The third-order valence-corrected chi connectivity index (χ3v) is 2.53. The van der Waals surface area contributed by atoms with Gasteiger partial charge in [0.05, 0.1) is 0 Å². The Morgan fingerprint density at radius 2 is 2.22 bits per heavy atom. The van der Waals surface area contributed by atoms with Gasteiger partial charge in [0, 0.05) is 5.69 Å².